The topological polar surface area (TPSA) is 98.5 Å². The normalized spacial score (nSPS) is 10.3. The summed E-state index contributed by atoms with van der Waals surface area (Å²) < 4.78 is 30.8. The molecule has 136 valence electrons. The summed E-state index contributed by atoms with van der Waals surface area (Å²) in [5, 5.41) is 12.8. The molecule has 0 heterocycles. The molecule has 2 rings (SSSR count). The van der Waals surface area contributed by atoms with Crippen LogP contribution in [0, 0.1) is 28.7 Å². The summed E-state index contributed by atoms with van der Waals surface area (Å²) in [6, 6.07) is 5.30. The summed E-state index contributed by atoms with van der Waals surface area (Å²) in [5.41, 5.74) is -0.241. The van der Waals surface area contributed by atoms with Crippen LogP contribution in [0.4, 0.5) is 20.2 Å². The number of anilines is 1. The average molecular weight is 385 g/mol. The predicted octanol–water partition coefficient (Wildman–Crippen LogP) is 3.63. The molecule has 0 saturated carbocycles. The number of carbonyl (C=O) groups is 2. The molecule has 0 aliphatic heterocycles. The van der Waals surface area contributed by atoms with Crippen molar-refractivity contribution < 1.29 is 28.0 Å². The van der Waals surface area contributed by atoms with Crippen LogP contribution in [-0.4, -0.2) is 23.4 Å². The van der Waals surface area contributed by atoms with Crippen molar-refractivity contribution in [2.24, 2.45) is 0 Å². The SMILES string of the molecule is Cc1ccc(NC(=O)COC(=O)c2cc(F)c(F)cc2Cl)c([N+](=O)[O-])c1. The van der Waals surface area contributed by atoms with Crippen LogP contribution in [0.3, 0.4) is 0 Å². The number of carbonyl (C=O) groups excluding carboxylic acids is 2. The van der Waals surface area contributed by atoms with E-state index >= 15 is 0 Å². The molecular formula is C16H11ClF2N2O5. The van der Waals surface area contributed by atoms with Crippen molar-refractivity contribution in [1.29, 1.82) is 0 Å². The molecular weight excluding hydrogens is 374 g/mol. The highest BCUT2D eigenvalue weighted by Crippen LogP contribution is 2.25. The Morgan fingerprint density at radius 2 is 1.88 bits per heavy atom. The van der Waals surface area contributed by atoms with Gasteiger partial charge >= 0.3 is 5.97 Å². The van der Waals surface area contributed by atoms with Crippen molar-refractivity contribution in [3.8, 4) is 0 Å². The van der Waals surface area contributed by atoms with Crippen molar-refractivity contribution in [3.05, 3.63) is 68.2 Å². The third-order valence-corrected chi connectivity index (χ3v) is 3.50. The molecule has 26 heavy (non-hydrogen) atoms. The van der Waals surface area contributed by atoms with Crippen molar-refractivity contribution in [2.45, 2.75) is 6.92 Å². The number of benzene rings is 2. The Labute approximate surface area is 150 Å². The highest BCUT2D eigenvalue weighted by Gasteiger charge is 2.19. The van der Waals surface area contributed by atoms with Gasteiger partial charge in [-0.15, -0.1) is 0 Å². The molecule has 10 heteroatoms. The minimum absolute atomic E-state index is 0.0764. The van der Waals surface area contributed by atoms with Crippen LogP contribution in [0.1, 0.15) is 15.9 Å². The molecule has 1 N–H and O–H groups in total. The van der Waals surface area contributed by atoms with Gasteiger partial charge in [0, 0.05) is 6.07 Å². The Morgan fingerprint density at radius 3 is 2.54 bits per heavy atom. The molecule has 2 aromatic carbocycles. The van der Waals surface area contributed by atoms with Gasteiger partial charge in [0.1, 0.15) is 5.69 Å². The molecule has 0 fully saturated rings. The van der Waals surface area contributed by atoms with E-state index in [1.54, 1.807) is 13.0 Å². The quantitative estimate of drug-likeness (QED) is 0.367. The van der Waals surface area contributed by atoms with E-state index in [2.05, 4.69) is 10.1 Å². The third kappa shape index (κ3) is 4.51. The molecule has 2 aromatic rings. The van der Waals surface area contributed by atoms with Gasteiger partial charge in [0.2, 0.25) is 0 Å². The minimum atomic E-state index is -1.30. The number of hydrogen-bond acceptors (Lipinski definition) is 5. The first-order valence-corrected chi connectivity index (χ1v) is 7.43. The highest BCUT2D eigenvalue weighted by atomic mass is 35.5. The lowest BCUT2D eigenvalue weighted by Gasteiger charge is -2.08. The van der Waals surface area contributed by atoms with Gasteiger partial charge in [-0.05, 0) is 30.7 Å². The molecule has 0 saturated heterocycles. The summed E-state index contributed by atoms with van der Waals surface area (Å²) in [5.74, 6) is -4.55. The maximum Gasteiger partial charge on any atom is 0.340 e. The van der Waals surface area contributed by atoms with E-state index in [-0.39, 0.29) is 16.4 Å². The van der Waals surface area contributed by atoms with E-state index in [9.17, 15) is 28.5 Å². The average Bonchev–Trinajstić information content (AvgIpc) is 2.57. The Morgan fingerprint density at radius 1 is 1.23 bits per heavy atom. The number of nitro benzene ring substituents is 1. The van der Waals surface area contributed by atoms with Gasteiger partial charge in [-0.2, -0.15) is 0 Å². The number of hydrogen-bond donors (Lipinski definition) is 1. The molecule has 0 unspecified atom stereocenters. The fourth-order valence-electron chi connectivity index (χ4n) is 1.97. The zero-order chi connectivity index (χ0) is 19.4. The Balaban J connectivity index is 2.05. The van der Waals surface area contributed by atoms with Gasteiger partial charge in [-0.25, -0.2) is 13.6 Å². The molecule has 0 aliphatic carbocycles. The molecule has 0 atom stereocenters. The predicted molar refractivity (Wildman–Crippen MR) is 88.1 cm³/mol. The number of nitrogens with one attached hydrogen (secondary N) is 1. The molecule has 0 aromatic heterocycles. The summed E-state index contributed by atoms with van der Waals surface area (Å²) in [6.45, 7) is 0.838. The van der Waals surface area contributed by atoms with Gasteiger partial charge in [-0.1, -0.05) is 17.7 Å². The van der Waals surface area contributed by atoms with Crippen molar-refractivity contribution in [1.82, 2.24) is 0 Å². The Kier molecular flexibility index (Phi) is 5.83. The lowest BCUT2D eigenvalue weighted by Crippen LogP contribution is -2.21. The second-order valence-corrected chi connectivity index (χ2v) is 5.56. The lowest BCUT2D eigenvalue weighted by atomic mass is 10.2. The molecule has 0 bridgehead atoms. The maximum atomic E-state index is 13.2. The van der Waals surface area contributed by atoms with E-state index in [0.29, 0.717) is 17.7 Å². The molecule has 0 aliphatic rings. The van der Waals surface area contributed by atoms with Gasteiger partial charge in [-0.3, -0.25) is 14.9 Å². The van der Waals surface area contributed by atoms with E-state index in [1.165, 1.54) is 12.1 Å². The van der Waals surface area contributed by atoms with E-state index in [4.69, 9.17) is 11.6 Å². The first-order chi connectivity index (χ1) is 12.2. The van der Waals surface area contributed by atoms with Crippen LogP contribution >= 0.6 is 11.6 Å². The number of esters is 1. The zero-order valence-corrected chi connectivity index (χ0v) is 14.0. The van der Waals surface area contributed by atoms with Gasteiger partial charge in [0.15, 0.2) is 18.2 Å². The summed E-state index contributed by atoms with van der Waals surface area (Å²) >= 11 is 5.63. The maximum absolute atomic E-state index is 13.2. The van der Waals surface area contributed by atoms with Gasteiger partial charge < -0.3 is 10.1 Å². The Hall–Kier alpha value is -3.07. The zero-order valence-electron chi connectivity index (χ0n) is 13.2. The minimum Gasteiger partial charge on any atom is -0.452 e. The summed E-state index contributed by atoms with van der Waals surface area (Å²) in [6.07, 6.45) is 0. The number of aryl methyl sites for hydroxylation is 1. The van der Waals surface area contributed by atoms with Crippen LogP contribution in [0.5, 0.6) is 0 Å². The van der Waals surface area contributed by atoms with Crippen LogP contribution < -0.4 is 5.32 Å². The number of nitro groups is 1. The largest absolute Gasteiger partial charge is 0.452 e. The fourth-order valence-corrected chi connectivity index (χ4v) is 2.20. The standard InChI is InChI=1S/C16H11ClF2N2O5/c1-8-2-3-13(14(4-8)21(24)25)20-15(22)7-26-16(23)9-5-11(18)12(19)6-10(9)17/h2-6H,7H2,1H3,(H,20,22). The number of nitrogens with zero attached hydrogens (tertiary/aromatic N) is 1. The summed E-state index contributed by atoms with van der Waals surface area (Å²) in [4.78, 5) is 34.0. The smallest absolute Gasteiger partial charge is 0.340 e. The van der Waals surface area contributed by atoms with Crippen molar-refractivity contribution >= 4 is 34.9 Å². The van der Waals surface area contributed by atoms with E-state index in [1.807, 2.05) is 0 Å². The number of amides is 1. The van der Waals surface area contributed by atoms with Crippen LogP contribution in [0.15, 0.2) is 30.3 Å². The second kappa shape index (κ2) is 7.87. The number of rotatable bonds is 5. The summed E-state index contributed by atoms with van der Waals surface area (Å²) in [7, 11) is 0. The second-order valence-electron chi connectivity index (χ2n) is 5.15. The molecule has 0 spiro atoms. The van der Waals surface area contributed by atoms with Gasteiger partial charge in [0.25, 0.3) is 11.6 Å². The lowest BCUT2D eigenvalue weighted by molar-refractivity contribution is -0.384. The van der Waals surface area contributed by atoms with Crippen LogP contribution in [-0.2, 0) is 9.53 Å². The third-order valence-electron chi connectivity index (χ3n) is 3.19. The van der Waals surface area contributed by atoms with Crippen LogP contribution in [0.25, 0.3) is 0 Å². The number of ether oxygens (including phenoxy) is 1. The molecule has 1 amide bonds. The molecule has 0 radical (unpaired) electrons. The fraction of sp³-hybridized carbons (Fsp3) is 0.125. The first-order valence-electron chi connectivity index (χ1n) is 7.05. The monoisotopic (exact) mass is 384 g/mol. The van der Waals surface area contributed by atoms with Gasteiger partial charge in [0.05, 0.1) is 15.5 Å². The highest BCUT2D eigenvalue weighted by molar-refractivity contribution is 6.33. The van der Waals surface area contributed by atoms with Crippen molar-refractivity contribution in [3.63, 3.8) is 0 Å². The number of halogens is 3. The van der Waals surface area contributed by atoms with E-state index < -0.39 is 40.6 Å². The van der Waals surface area contributed by atoms with E-state index in [0.717, 1.165) is 0 Å². The van der Waals surface area contributed by atoms with Crippen molar-refractivity contribution in [2.75, 3.05) is 11.9 Å². The molecule has 7 nitrogen and oxygen atoms in total. The van der Waals surface area contributed by atoms with Crippen LogP contribution in [0.2, 0.25) is 5.02 Å². The Bertz CT molecular complexity index is 904. The first kappa shape index (κ1) is 19.3.